The summed E-state index contributed by atoms with van der Waals surface area (Å²) in [4.78, 5) is 12.1. The fourth-order valence-corrected chi connectivity index (χ4v) is 5.40. The third-order valence-electron chi connectivity index (χ3n) is 7.89. The first kappa shape index (κ1) is 26.4. The van der Waals surface area contributed by atoms with Gasteiger partial charge in [0.2, 0.25) is 5.60 Å². The van der Waals surface area contributed by atoms with Crippen LogP contribution in [0.3, 0.4) is 0 Å². The van der Waals surface area contributed by atoms with Crippen molar-refractivity contribution in [2.75, 3.05) is 13.2 Å². The molecule has 0 amide bonds. The largest absolute Gasteiger partial charge is 0.479 e. The highest BCUT2D eigenvalue weighted by atomic mass is 16.5. The Morgan fingerprint density at radius 3 is 2.25 bits per heavy atom. The smallest absolute Gasteiger partial charge is 0.344 e. The van der Waals surface area contributed by atoms with Gasteiger partial charge in [-0.2, -0.15) is 0 Å². The summed E-state index contributed by atoms with van der Waals surface area (Å²) in [5, 5.41) is 13.1. The van der Waals surface area contributed by atoms with Crippen molar-refractivity contribution in [2.24, 2.45) is 0 Å². The average molecular weight is 488 g/mol. The maximum absolute atomic E-state index is 12.1. The maximum atomic E-state index is 12.1. The number of aliphatic carboxylic acids is 1. The van der Waals surface area contributed by atoms with E-state index in [2.05, 4.69) is 89.3 Å². The van der Waals surface area contributed by atoms with Crippen LogP contribution in [0.2, 0.25) is 0 Å². The fraction of sp³-hybridized carbons (Fsp3) is 0.469. The molecule has 4 rings (SSSR count). The first-order valence-corrected chi connectivity index (χ1v) is 13.2. The van der Waals surface area contributed by atoms with Crippen molar-refractivity contribution >= 4 is 5.97 Å². The fourth-order valence-electron chi connectivity index (χ4n) is 5.40. The molecule has 2 aliphatic carbocycles. The van der Waals surface area contributed by atoms with Gasteiger partial charge in [0.15, 0.2) is 0 Å². The molecule has 2 aromatic carbocycles. The normalized spacial score (nSPS) is 24.0. The average Bonchev–Trinajstić information content (AvgIpc) is 2.85. The van der Waals surface area contributed by atoms with Crippen LogP contribution in [0.4, 0.5) is 0 Å². The second-order valence-corrected chi connectivity index (χ2v) is 12.0. The Bertz CT molecular complexity index is 1160. The van der Waals surface area contributed by atoms with Gasteiger partial charge in [0.25, 0.3) is 0 Å². The van der Waals surface area contributed by atoms with Crippen molar-refractivity contribution < 1.29 is 14.6 Å². The van der Waals surface area contributed by atoms with Crippen LogP contribution in [0.1, 0.15) is 77.0 Å². The van der Waals surface area contributed by atoms with E-state index in [1.807, 2.05) is 12.2 Å². The maximum Gasteiger partial charge on any atom is 0.344 e. The van der Waals surface area contributed by atoms with E-state index in [0.29, 0.717) is 19.2 Å². The summed E-state index contributed by atoms with van der Waals surface area (Å²) in [5.41, 5.74) is 5.42. The van der Waals surface area contributed by atoms with Crippen molar-refractivity contribution in [2.45, 2.75) is 82.8 Å². The molecule has 0 bridgehead atoms. The molecule has 0 atom stereocenters. The molecule has 0 radical (unpaired) electrons. The zero-order chi connectivity index (χ0) is 26.1. The molecular weight excluding hydrogens is 446 g/mol. The van der Waals surface area contributed by atoms with E-state index in [1.165, 1.54) is 35.1 Å². The van der Waals surface area contributed by atoms with Crippen molar-refractivity contribution in [1.29, 1.82) is 0 Å². The number of rotatable bonds is 8. The topological polar surface area (TPSA) is 58.6 Å². The van der Waals surface area contributed by atoms with Crippen molar-refractivity contribution in [3.05, 3.63) is 83.5 Å². The number of carboxylic acids is 1. The molecular formula is C32H41NO3. The van der Waals surface area contributed by atoms with Crippen LogP contribution < -0.4 is 5.32 Å². The molecule has 4 heteroatoms. The lowest BCUT2D eigenvalue weighted by Gasteiger charge is -2.42. The molecule has 0 saturated heterocycles. The van der Waals surface area contributed by atoms with E-state index in [-0.39, 0.29) is 16.7 Å². The predicted molar refractivity (Wildman–Crippen MR) is 148 cm³/mol. The van der Waals surface area contributed by atoms with E-state index in [9.17, 15) is 9.90 Å². The number of benzene rings is 2. The molecule has 2 aliphatic rings. The molecule has 0 aliphatic heterocycles. The van der Waals surface area contributed by atoms with E-state index < -0.39 is 11.6 Å². The molecule has 4 nitrogen and oxygen atoms in total. The van der Waals surface area contributed by atoms with Crippen LogP contribution in [0, 0.1) is 0 Å². The van der Waals surface area contributed by atoms with Gasteiger partial charge in [0, 0.05) is 18.5 Å². The molecule has 192 valence electrons. The summed E-state index contributed by atoms with van der Waals surface area (Å²) >= 11 is 0. The first-order valence-electron chi connectivity index (χ1n) is 13.2. The second kappa shape index (κ2) is 9.99. The van der Waals surface area contributed by atoms with Crippen molar-refractivity contribution in [1.82, 2.24) is 5.32 Å². The number of fused-ring (bicyclic) bond motifs is 1. The number of carboxylic acid groups (broad SMARTS) is 1. The summed E-state index contributed by atoms with van der Waals surface area (Å²) < 4.78 is 5.81. The minimum absolute atomic E-state index is 0.00261. The van der Waals surface area contributed by atoms with Crippen molar-refractivity contribution in [3.63, 3.8) is 0 Å². The number of hydrogen-bond acceptors (Lipinski definition) is 3. The Morgan fingerprint density at radius 1 is 0.972 bits per heavy atom. The highest BCUT2D eigenvalue weighted by Gasteiger charge is 2.38. The van der Waals surface area contributed by atoms with E-state index in [4.69, 9.17) is 4.74 Å². The Labute approximate surface area is 216 Å². The van der Waals surface area contributed by atoms with Crippen LogP contribution in [0.15, 0.2) is 66.8 Å². The lowest BCUT2D eigenvalue weighted by atomic mass is 9.63. The zero-order valence-electron chi connectivity index (χ0n) is 22.6. The minimum atomic E-state index is -1.41. The molecule has 36 heavy (non-hydrogen) atoms. The molecule has 2 aromatic rings. The Morgan fingerprint density at radius 2 is 1.61 bits per heavy atom. The Balaban J connectivity index is 1.56. The number of allylic oxidation sites excluding steroid dienone is 2. The number of nitrogens with one attached hydrogen (secondary N) is 1. The predicted octanol–water partition coefficient (Wildman–Crippen LogP) is 6.75. The minimum Gasteiger partial charge on any atom is -0.479 e. The molecule has 0 spiro atoms. The van der Waals surface area contributed by atoms with Gasteiger partial charge in [-0.05, 0) is 63.6 Å². The highest BCUT2D eigenvalue weighted by molar-refractivity contribution is 5.83. The van der Waals surface area contributed by atoms with E-state index >= 15 is 0 Å². The quantitative estimate of drug-likeness (QED) is 0.319. The molecule has 0 fully saturated rings. The van der Waals surface area contributed by atoms with Gasteiger partial charge in [-0.25, -0.2) is 4.79 Å². The number of carbonyl (C=O) groups is 1. The lowest BCUT2D eigenvalue weighted by molar-refractivity contribution is -0.154. The van der Waals surface area contributed by atoms with Crippen LogP contribution in [0.25, 0.3) is 11.1 Å². The summed E-state index contributed by atoms with van der Waals surface area (Å²) in [6, 6.07) is 15.9. The molecule has 0 saturated carbocycles. The lowest BCUT2D eigenvalue weighted by Crippen LogP contribution is -2.41. The van der Waals surface area contributed by atoms with Gasteiger partial charge < -0.3 is 15.2 Å². The zero-order valence-corrected chi connectivity index (χ0v) is 22.6. The van der Waals surface area contributed by atoms with Gasteiger partial charge in [0.1, 0.15) is 0 Å². The first-order chi connectivity index (χ1) is 16.9. The third-order valence-corrected chi connectivity index (χ3v) is 7.89. The van der Waals surface area contributed by atoms with Gasteiger partial charge in [0.05, 0.1) is 6.61 Å². The van der Waals surface area contributed by atoms with Gasteiger partial charge in [-0.1, -0.05) is 96.2 Å². The monoisotopic (exact) mass is 487 g/mol. The summed E-state index contributed by atoms with van der Waals surface area (Å²) in [5.74, 6) is -0.992. The van der Waals surface area contributed by atoms with E-state index in [1.54, 1.807) is 12.2 Å². The van der Waals surface area contributed by atoms with Crippen LogP contribution >= 0.6 is 0 Å². The summed E-state index contributed by atoms with van der Waals surface area (Å²) in [6.45, 7) is 14.5. The van der Waals surface area contributed by atoms with Crippen LogP contribution in [0.5, 0.6) is 0 Å². The third kappa shape index (κ3) is 5.35. The molecule has 0 aromatic heterocycles. The standard InChI is InChI=1S/C32H41NO3/c1-22(2)33-18-19-36-32(29(34)35)14-12-23(13-15-32)24-8-7-9-25(20-24)26-10-11-27-28(21-26)31(5,6)17-16-30(27,3)4/h7-15,20-23,33H,16-19H2,1-6H3,(H,34,35). The highest BCUT2D eigenvalue weighted by Crippen LogP contribution is 2.47. The summed E-state index contributed by atoms with van der Waals surface area (Å²) in [7, 11) is 0. The molecule has 0 heterocycles. The molecule has 0 unspecified atom stereocenters. The second-order valence-electron chi connectivity index (χ2n) is 12.0. The Hall–Kier alpha value is -2.69. The molecule has 2 N–H and O–H groups in total. The number of hydrogen-bond donors (Lipinski definition) is 2. The van der Waals surface area contributed by atoms with Crippen molar-refractivity contribution in [3.8, 4) is 11.1 Å². The Kier molecular flexibility index (Phi) is 7.32. The van der Waals surface area contributed by atoms with Gasteiger partial charge in [-0.15, -0.1) is 0 Å². The van der Waals surface area contributed by atoms with Crippen LogP contribution in [-0.2, 0) is 20.4 Å². The van der Waals surface area contributed by atoms with Crippen LogP contribution in [-0.4, -0.2) is 35.9 Å². The van der Waals surface area contributed by atoms with Gasteiger partial charge in [-0.3, -0.25) is 0 Å². The summed E-state index contributed by atoms with van der Waals surface area (Å²) in [6.07, 6.45) is 9.66. The number of ether oxygens (including phenoxy) is 1. The van der Waals surface area contributed by atoms with E-state index in [0.717, 1.165) is 5.56 Å². The SMILES string of the molecule is CC(C)NCCOC1(C(=O)O)C=CC(c2cccc(-c3ccc4c(c3)C(C)(C)CCC4(C)C)c2)C=C1. The van der Waals surface area contributed by atoms with Gasteiger partial charge >= 0.3 is 5.97 Å².